The van der Waals surface area contributed by atoms with Crippen molar-refractivity contribution in [3.8, 4) is 5.75 Å². The molecule has 2 aliphatic heterocycles. The van der Waals surface area contributed by atoms with Crippen molar-refractivity contribution in [2.24, 2.45) is 5.16 Å². The van der Waals surface area contributed by atoms with Crippen LogP contribution >= 0.6 is 11.3 Å². The first-order chi connectivity index (χ1) is 25.3. The molecule has 0 saturated carbocycles. The highest BCUT2D eigenvalue weighted by Gasteiger charge is 2.58. The highest BCUT2D eigenvalue weighted by atomic mass is 32.3. The van der Waals surface area contributed by atoms with Crippen LogP contribution in [0.4, 0.5) is 24.1 Å². The molecule has 6 rings (SSSR count). The molecule has 0 aliphatic carbocycles. The molecular weight excluding hydrogens is 773 g/mol. The molecule has 4 aromatic rings. The second-order valence-corrected chi connectivity index (χ2v) is 13.7. The molecule has 54 heavy (non-hydrogen) atoms. The third-order valence-electron chi connectivity index (χ3n) is 7.57. The molecule has 5 heterocycles. The Morgan fingerprint density at radius 2 is 1.98 bits per heavy atom. The van der Waals surface area contributed by atoms with Crippen LogP contribution in [0, 0.1) is 0 Å². The summed E-state index contributed by atoms with van der Waals surface area (Å²) in [5.74, 6) is -3.51. The van der Waals surface area contributed by atoms with E-state index < -0.39 is 52.0 Å². The summed E-state index contributed by atoms with van der Waals surface area (Å²) in [4.78, 5) is 49.3. The minimum Gasteiger partial charge on any atom is -0.542 e. The maximum atomic E-state index is 13.4. The SMILES string of the molecule is CC1(C)[C@H](NC(=O)/C(=N\O[C@H](COc2ccc3nc(NC4C[NH2+]C4)ccc3c2)c2nn[nH]n2)c2csc(N)n2)C(=O)N1OS(=O)(=O)O.O=C([O-])C(F)(F)F. The summed E-state index contributed by atoms with van der Waals surface area (Å²) in [5.41, 5.74) is 4.84. The van der Waals surface area contributed by atoms with Crippen LogP contribution in [0.2, 0.25) is 0 Å². The molecule has 2 aliphatic rings. The molecule has 2 amide bonds. The van der Waals surface area contributed by atoms with E-state index in [1.54, 1.807) is 6.07 Å². The lowest BCUT2D eigenvalue weighted by atomic mass is 9.84. The van der Waals surface area contributed by atoms with Gasteiger partial charge in [-0.25, -0.2) is 9.97 Å². The van der Waals surface area contributed by atoms with Gasteiger partial charge in [-0.2, -0.15) is 31.9 Å². The number of nitrogen functional groups attached to an aromatic ring is 1. The molecule has 8 N–H and O–H groups in total. The lowest BCUT2D eigenvalue weighted by molar-refractivity contribution is -0.707. The molecule has 27 heteroatoms. The van der Waals surface area contributed by atoms with Crippen molar-refractivity contribution in [1.82, 2.24) is 41.0 Å². The van der Waals surface area contributed by atoms with Crippen molar-refractivity contribution in [2.75, 3.05) is 30.7 Å². The van der Waals surface area contributed by atoms with Crippen LogP contribution in [0.3, 0.4) is 0 Å². The fourth-order valence-corrected chi connectivity index (χ4v) is 5.70. The number of H-pyrrole nitrogens is 1. The molecule has 0 radical (unpaired) electrons. The van der Waals surface area contributed by atoms with E-state index in [-0.39, 0.29) is 29.0 Å². The molecule has 2 atom stereocenters. The number of hydroxylamine groups is 2. The number of aromatic amines is 1. The van der Waals surface area contributed by atoms with Crippen LogP contribution in [0.25, 0.3) is 10.9 Å². The Morgan fingerprint density at radius 1 is 1.26 bits per heavy atom. The number of carboxylic acids is 1. The quantitative estimate of drug-likeness (QED) is 0.0362. The summed E-state index contributed by atoms with van der Waals surface area (Å²) < 4.78 is 73.2. The topological polar surface area (TPSA) is 319 Å². The number of alkyl halides is 3. The molecule has 3 aromatic heterocycles. The van der Waals surface area contributed by atoms with Gasteiger partial charge in [-0.3, -0.25) is 14.1 Å². The monoisotopic (exact) mass is 802 g/mol. The Kier molecular flexibility index (Phi) is 11.5. The van der Waals surface area contributed by atoms with Crippen molar-refractivity contribution >= 4 is 67.1 Å². The zero-order chi connectivity index (χ0) is 39.4. The fraction of sp³-hybridized carbons (Fsp3) is 0.370. The Balaban J connectivity index is 0.000000730. The van der Waals surface area contributed by atoms with E-state index in [2.05, 4.69) is 56.0 Å². The molecule has 0 unspecified atom stereocenters. The number of thiazole rings is 1. The smallest absolute Gasteiger partial charge is 0.430 e. The molecular formula is C27H29F3N12O10S2. The number of carboxylic acid groups (broad SMARTS) is 1. The summed E-state index contributed by atoms with van der Waals surface area (Å²) >= 11 is 1.03. The summed E-state index contributed by atoms with van der Waals surface area (Å²) in [6, 6.07) is 8.35. The molecule has 2 fully saturated rings. The Labute approximate surface area is 305 Å². The Morgan fingerprint density at radius 3 is 2.54 bits per heavy atom. The number of quaternary nitrogens is 1. The van der Waals surface area contributed by atoms with Gasteiger partial charge in [-0.1, -0.05) is 10.4 Å². The van der Waals surface area contributed by atoms with Gasteiger partial charge in [0, 0.05) is 10.8 Å². The first-order valence-electron chi connectivity index (χ1n) is 15.2. The average Bonchev–Trinajstić information content (AvgIpc) is 3.77. The normalized spacial score (nSPS) is 17.7. The minimum absolute atomic E-state index is 0.0275. The number of rotatable bonds is 13. The van der Waals surface area contributed by atoms with Crippen molar-refractivity contribution < 1.29 is 64.8 Å². The number of fused-ring (bicyclic) bond motifs is 1. The molecule has 1 aromatic carbocycles. The van der Waals surface area contributed by atoms with E-state index in [0.717, 1.165) is 41.1 Å². The van der Waals surface area contributed by atoms with Gasteiger partial charge in [-0.15, -0.1) is 25.8 Å². The molecule has 0 spiro atoms. The molecule has 2 saturated heterocycles. The molecule has 0 bridgehead atoms. The van der Waals surface area contributed by atoms with Gasteiger partial charge in [0.25, 0.3) is 11.8 Å². The number of tetrazole rings is 1. The highest BCUT2D eigenvalue weighted by molar-refractivity contribution is 7.80. The maximum absolute atomic E-state index is 13.4. The van der Waals surface area contributed by atoms with Gasteiger partial charge in [-0.05, 0) is 44.2 Å². The number of benzene rings is 1. The number of nitrogens with two attached hydrogens (primary N) is 2. The van der Waals surface area contributed by atoms with Crippen molar-refractivity contribution in [3.05, 3.63) is 47.2 Å². The number of nitrogens with one attached hydrogen (secondary N) is 3. The number of hydrogen-bond acceptors (Lipinski definition) is 18. The maximum Gasteiger partial charge on any atom is 0.430 e. The van der Waals surface area contributed by atoms with Crippen molar-refractivity contribution in [2.45, 2.75) is 43.8 Å². The van der Waals surface area contributed by atoms with Gasteiger partial charge in [0.05, 0.1) is 11.1 Å². The summed E-state index contributed by atoms with van der Waals surface area (Å²) in [6.45, 7) is 4.68. The number of ether oxygens (including phenoxy) is 1. The third-order valence-corrected chi connectivity index (χ3v) is 8.58. The molecule has 290 valence electrons. The van der Waals surface area contributed by atoms with Crippen molar-refractivity contribution in [1.29, 1.82) is 0 Å². The predicted molar refractivity (Wildman–Crippen MR) is 174 cm³/mol. The van der Waals surface area contributed by atoms with Crippen molar-refractivity contribution in [3.63, 3.8) is 0 Å². The number of aliphatic carboxylic acids is 1. The number of carbonyl (C=O) groups excluding carboxylic acids is 3. The van der Waals surface area contributed by atoms with E-state index in [4.69, 9.17) is 29.8 Å². The second kappa shape index (κ2) is 15.7. The lowest BCUT2D eigenvalue weighted by Crippen LogP contribution is -2.99. The van der Waals surface area contributed by atoms with E-state index in [9.17, 15) is 31.2 Å². The zero-order valence-corrected chi connectivity index (χ0v) is 29.3. The first-order valence-corrected chi connectivity index (χ1v) is 17.5. The van der Waals surface area contributed by atoms with Gasteiger partial charge >= 0.3 is 16.6 Å². The van der Waals surface area contributed by atoms with Gasteiger partial charge in [0.15, 0.2) is 10.8 Å². The average molecular weight is 803 g/mol. The number of halogens is 3. The molecule has 22 nitrogen and oxygen atoms in total. The zero-order valence-electron chi connectivity index (χ0n) is 27.7. The minimum atomic E-state index is -5.19. The Hall–Kier alpha value is -5.77. The number of hydrogen-bond donors (Lipinski definition) is 6. The number of β-lactam (4-membered cyclic amide) rings is 1. The summed E-state index contributed by atoms with van der Waals surface area (Å²) in [6.07, 6.45) is -6.27. The van der Waals surface area contributed by atoms with Gasteiger partial charge < -0.3 is 41.2 Å². The van der Waals surface area contributed by atoms with Gasteiger partial charge in [0.2, 0.25) is 11.9 Å². The highest BCUT2D eigenvalue weighted by Crippen LogP contribution is 2.33. The van der Waals surface area contributed by atoms with Crippen LogP contribution in [0.1, 0.15) is 31.5 Å². The number of nitrogens with zero attached hydrogens (tertiary/aromatic N) is 7. The van der Waals surface area contributed by atoms with E-state index in [1.165, 1.54) is 19.2 Å². The van der Waals surface area contributed by atoms with E-state index >= 15 is 0 Å². The standard InChI is InChI=1S/C25H28N12O8S2.C2HF3O2/c1-25(2)20(23(39)37(25)45-47(40,41)42)31-22(38)19(16-11-46-24(26)30-16)34-44-17(21-32-35-36-33-21)10-43-14-4-5-15-12(7-14)3-6-18(29-15)28-13-8-27-9-13;3-2(4,5)1(6)7/h3-7,11,13,17,20,27H,8-10H2,1-2H3,(H2,26,30)(H,28,29)(H,31,38)(H,40,41,42)(H,32,33,35,36);(H,6,7)/b34-19-;/t17-,20-;/m1./s1. The third kappa shape index (κ3) is 9.60. The van der Waals surface area contributed by atoms with Crippen LogP contribution in [0.5, 0.6) is 5.75 Å². The Bertz CT molecular complexity index is 2150. The van der Waals surface area contributed by atoms with Gasteiger partial charge in [0.1, 0.15) is 55.0 Å². The van der Waals surface area contributed by atoms with Crippen LogP contribution in [-0.4, -0.2) is 116 Å². The first kappa shape index (κ1) is 39.4. The van der Waals surface area contributed by atoms with Crippen LogP contribution < -0.4 is 31.5 Å². The fourth-order valence-electron chi connectivity index (χ4n) is 4.70. The number of oxime groups is 1. The number of pyridine rings is 1. The lowest BCUT2D eigenvalue weighted by Gasteiger charge is -2.50. The number of carbonyl (C=O) groups is 3. The largest absolute Gasteiger partial charge is 0.542 e. The second-order valence-electron chi connectivity index (χ2n) is 11.8. The van der Waals surface area contributed by atoms with Crippen LogP contribution in [-0.2, 0) is 33.9 Å². The van der Waals surface area contributed by atoms with E-state index in [1.807, 2.05) is 24.3 Å². The van der Waals surface area contributed by atoms with Crippen LogP contribution in [0.15, 0.2) is 40.9 Å². The van der Waals surface area contributed by atoms with E-state index in [0.29, 0.717) is 16.9 Å². The summed E-state index contributed by atoms with van der Waals surface area (Å²) in [5, 5.41) is 37.5. The number of anilines is 2. The summed E-state index contributed by atoms with van der Waals surface area (Å²) in [7, 11) is -4.99. The number of amides is 2. The predicted octanol–water partition coefficient (Wildman–Crippen LogP) is -2.18. The number of aromatic nitrogens is 6.